The van der Waals surface area contributed by atoms with Crippen molar-refractivity contribution in [3.05, 3.63) is 77.6 Å². The van der Waals surface area contributed by atoms with Gasteiger partial charge in [-0.2, -0.15) is 5.10 Å². The van der Waals surface area contributed by atoms with Gasteiger partial charge in [0.1, 0.15) is 5.75 Å². The maximum absolute atomic E-state index is 12.0. The molecule has 2 aromatic carbocycles. The molecule has 1 aromatic heterocycles. The molecule has 0 spiro atoms. The fraction of sp³-hybridized carbons (Fsp3) is 0.200. The molecule has 0 radical (unpaired) electrons. The molecule has 0 aliphatic rings. The highest BCUT2D eigenvalue weighted by molar-refractivity contribution is 6.30. The first-order chi connectivity index (χ1) is 12.7. The zero-order valence-corrected chi connectivity index (χ0v) is 15.0. The summed E-state index contributed by atoms with van der Waals surface area (Å²) in [6, 6.07) is 17.2. The van der Waals surface area contributed by atoms with Crippen LogP contribution in [0.2, 0.25) is 5.02 Å². The third-order valence-corrected chi connectivity index (χ3v) is 3.99. The number of aromatic nitrogens is 2. The number of carbonyl (C=O) groups is 1. The molecule has 3 aromatic rings. The second-order valence-corrected chi connectivity index (χ2v) is 6.30. The molecule has 0 aliphatic carbocycles. The van der Waals surface area contributed by atoms with Crippen LogP contribution in [0.4, 0.5) is 5.69 Å². The summed E-state index contributed by atoms with van der Waals surface area (Å²) in [5.41, 5.74) is 1.86. The summed E-state index contributed by atoms with van der Waals surface area (Å²) in [6.07, 6.45) is 4.50. The van der Waals surface area contributed by atoms with Crippen molar-refractivity contribution in [1.82, 2.24) is 9.78 Å². The largest absolute Gasteiger partial charge is 0.494 e. The average molecular weight is 370 g/mol. The van der Waals surface area contributed by atoms with Crippen LogP contribution in [-0.2, 0) is 11.3 Å². The first-order valence-corrected chi connectivity index (χ1v) is 8.81. The van der Waals surface area contributed by atoms with Gasteiger partial charge in [-0.1, -0.05) is 41.9 Å². The summed E-state index contributed by atoms with van der Waals surface area (Å²) < 4.78 is 7.38. The first kappa shape index (κ1) is 18.0. The third kappa shape index (κ3) is 5.63. The summed E-state index contributed by atoms with van der Waals surface area (Å²) in [7, 11) is 0. The lowest BCUT2D eigenvalue weighted by atomic mass is 10.2. The van der Waals surface area contributed by atoms with Crippen LogP contribution in [0.1, 0.15) is 18.4 Å². The van der Waals surface area contributed by atoms with Crippen molar-refractivity contribution in [1.29, 1.82) is 0 Å². The second-order valence-electron chi connectivity index (χ2n) is 5.87. The van der Waals surface area contributed by atoms with Gasteiger partial charge < -0.3 is 10.1 Å². The van der Waals surface area contributed by atoms with Crippen molar-refractivity contribution in [3.8, 4) is 5.75 Å². The Morgan fingerprint density at radius 3 is 2.65 bits per heavy atom. The minimum Gasteiger partial charge on any atom is -0.494 e. The highest BCUT2D eigenvalue weighted by Crippen LogP contribution is 2.16. The van der Waals surface area contributed by atoms with Gasteiger partial charge >= 0.3 is 0 Å². The highest BCUT2D eigenvalue weighted by Gasteiger charge is 2.05. The van der Waals surface area contributed by atoms with Crippen LogP contribution in [0.5, 0.6) is 5.75 Å². The van der Waals surface area contributed by atoms with E-state index < -0.39 is 0 Å². The number of nitrogens with zero attached hydrogens (tertiary/aromatic N) is 2. The van der Waals surface area contributed by atoms with E-state index in [1.165, 1.54) is 0 Å². The van der Waals surface area contributed by atoms with Gasteiger partial charge in [-0.05, 0) is 36.2 Å². The van der Waals surface area contributed by atoms with E-state index >= 15 is 0 Å². The molecular formula is C20H20ClN3O2. The van der Waals surface area contributed by atoms with Gasteiger partial charge in [0.2, 0.25) is 5.91 Å². The number of ether oxygens (including phenoxy) is 1. The number of rotatable bonds is 8. The minimum atomic E-state index is -0.0519. The smallest absolute Gasteiger partial charge is 0.224 e. The molecule has 1 amide bonds. The van der Waals surface area contributed by atoms with E-state index in [1.54, 1.807) is 23.0 Å². The fourth-order valence-corrected chi connectivity index (χ4v) is 2.59. The van der Waals surface area contributed by atoms with E-state index in [0.29, 0.717) is 36.7 Å². The molecule has 0 unspecified atom stereocenters. The molecule has 0 saturated heterocycles. The number of hydrogen-bond donors (Lipinski definition) is 1. The number of hydrogen-bond acceptors (Lipinski definition) is 3. The van der Waals surface area contributed by atoms with E-state index in [2.05, 4.69) is 10.4 Å². The van der Waals surface area contributed by atoms with Crippen molar-refractivity contribution in [3.63, 3.8) is 0 Å². The van der Waals surface area contributed by atoms with Crippen molar-refractivity contribution in [2.24, 2.45) is 0 Å². The Labute approximate surface area is 157 Å². The third-order valence-electron chi connectivity index (χ3n) is 3.73. The molecular weight excluding hydrogens is 350 g/mol. The standard InChI is InChI=1S/C20H20ClN3O2/c21-17-8-10-19(11-9-17)26-12-4-7-20(25)23-18-13-22-24(15-18)14-16-5-2-1-3-6-16/h1-3,5-6,8-11,13,15H,4,7,12,14H2,(H,23,25). The minimum absolute atomic E-state index is 0.0519. The van der Waals surface area contributed by atoms with Crippen molar-refractivity contribution < 1.29 is 9.53 Å². The zero-order valence-electron chi connectivity index (χ0n) is 14.3. The van der Waals surface area contributed by atoms with E-state index in [9.17, 15) is 4.79 Å². The summed E-state index contributed by atoms with van der Waals surface area (Å²) in [6.45, 7) is 1.15. The van der Waals surface area contributed by atoms with Crippen LogP contribution >= 0.6 is 11.6 Å². The molecule has 1 heterocycles. The van der Waals surface area contributed by atoms with E-state index in [4.69, 9.17) is 16.3 Å². The molecule has 0 aliphatic heterocycles. The Morgan fingerprint density at radius 2 is 1.88 bits per heavy atom. The lowest BCUT2D eigenvalue weighted by molar-refractivity contribution is -0.116. The number of halogens is 1. The number of amides is 1. The second kappa shape index (κ2) is 9.06. The predicted molar refractivity (Wildman–Crippen MR) is 103 cm³/mol. The normalized spacial score (nSPS) is 10.5. The maximum Gasteiger partial charge on any atom is 0.224 e. The monoisotopic (exact) mass is 369 g/mol. The summed E-state index contributed by atoms with van der Waals surface area (Å²) in [4.78, 5) is 12.0. The molecule has 0 atom stereocenters. The Bertz CT molecular complexity index is 832. The van der Waals surface area contributed by atoms with E-state index in [1.807, 2.05) is 48.7 Å². The molecule has 3 rings (SSSR count). The lowest BCUT2D eigenvalue weighted by Gasteiger charge is -2.06. The van der Waals surface area contributed by atoms with Crippen LogP contribution in [0.25, 0.3) is 0 Å². The van der Waals surface area contributed by atoms with Gasteiger partial charge in [0.15, 0.2) is 0 Å². The quantitative estimate of drug-likeness (QED) is 0.599. The first-order valence-electron chi connectivity index (χ1n) is 8.44. The SMILES string of the molecule is O=C(CCCOc1ccc(Cl)cc1)Nc1cnn(Cc2ccccc2)c1. The molecule has 5 nitrogen and oxygen atoms in total. The molecule has 0 fully saturated rings. The van der Waals surface area contributed by atoms with Crippen molar-refractivity contribution >= 4 is 23.2 Å². The van der Waals surface area contributed by atoms with Crippen LogP contribution < -0.4 is 10.1 Å². The van der Waals surface area contributed by atoms with E-state index in [-0.39, 0.29) is 5.91 Å². The van der Waals surface area contributed by atoms with Gasteiger partial charge in [-0.15, -0.1) is 0 Å². The van der Waals surface area contributed by atoms with Gasteiger partial charge in [0.05, 0.1) is 25.0 Å². The van der Waals surface area contributed by atoms with Gasteiger partial charge in [0, 0.05) is 17.6 Å². The molecule has 0 saturated carbocycles. The number of anilines is 1. The number of benzene rings is 2. The highest BCUT2D eigenvalue weighted by atomic mass is 35.5. The number of nitrogens with one attached hydrogen (secondary N) is 1. The molecule has 26 heavy (non-hydrogen) atoms. The molecule has 6 heteroatoms. The Hall–Kier alpha value is -2.79. The van der Waals surface area contributed by atoms with Crippen molar-refractivity contribution in [2.45, 2.75) is 19.4 Å². The lowest BCUT2D eigenvalue weighted by Crippen LogP contribution is -2.12. The van der Waals surface area contributed by atoms with Crippen LogP contribution in [0, 0.1) is 0 Å². The van der Waals surface area contributed by atoms with Crippen LogP contribution in [0.15, 0.2) is 67.0 Å². The average Bonchev–Trinajstić information content (AvgIpc) is 3.08. The summed E-state index contributed by atoms with van der Waals surface area (Å²) >= 11 is 5.82. The Morgan fingerprint density at radius 1 is 1.12 bits per heavy atom. The van der Waals surface area contributed by atoms with Gasteiger partial charge in [-0.3, -0.25) is 9.48 Å². The molecule has 1 N–H and O–H groups in total. The Balaban J connectivity index is 1.39. The van der Waals surface area contributed by atoms with Crippen LogP contribution in [-0.4, -0.2) is 22.3 Å². The fourth-order valence-electron chi connectivity index (χ4n) is 2.46. The van der Waals surface area contributed by atoms with Gasteiger partial charge in [-0.25, -0.2) is 0 Å². The van der Waals surface area contributed by atoms with Crippen LogP contribution in [0.3, 0.4) is 0 Å². The zero-order chi connectivity index (χ0) is 18.2. The topological polar surface area (TPSA) is 56.1 Å². The summed E-state index contributed by atoms with van der Waals surface area (Å²) in [5.74, 6) is 0.695. The number of carbonyl (C=O) groups excluding carboxylic acids is 1. The predicted octanol–water partition coefficient (Wildman–Crippen LogP) is 4.38. The van der Waals surface area contributed by atoms with E-state index in [0.717, 1.165) is 11.3 Å². The summed E-state index contributed by atoms with van der Waals surface area (Å²) in [5, 5.41) is 7.80. The maximum atomic E-state index is 12.0. The molecule has 134 valence electrons. The molecule has 0 bridgehead atoms. The van der Waals surface area contributed by atoms with Gasteiger partial charge in [0.25, 0.3) is 0 Å². The Kier molecular flexibility index (Phi) is 6.28. The van der Waals surface area contributed by atoms with Crippen molar-refractivity contribution in [2.75, 3.05) is 11.9 Å².